The van der Waals surface area contributed by atoms with Gasteiger partial charge >= 0.3 is 0 Å². The zero-order valence-corrected chi connectivity index (χ0v) is 13.5. The van der Waals surface area contributed by atoms with Gasteiger partial charge in [0.15, 0.2) is 0 Å². The van der Waals surface area contributed by atoms with E-state index in [0.717, 1.165) is 6.61 Å². The van der Waals surface area contributed by atoms with Crippen molar-refractivity contribution in [1.29, 1.82) is 0 Å². The van der Waals surface area contributed by atoms with Crippen LogP contribution in [0.25, 0.3) is 0 Å². The molecule has 2 heteroatoms. The molecule has 0 aliphatic carbocycles. The Bertz CT molecular complexity index is 354. The molecule has 2 unspecified atom stereocenters. The molecular formula is C17H25BrO. The van der Waals surface area contributed by atoms with Crippen LogP contribution in [0, 0.1) is 0 Å². The molecule has 1 saturated heterocycles. The van der Waals surface area contributed by atoms with Crippen LogP contribution in [0.1, 0.15) is 61.4 Å². The second kappa shape index (κ2) is 8.06. The van der Waals surface area contributed by atoms with E-state index in [1.807, 2.05) is 0 Å². The van der Waals surface area contributed by atoms with Crippen LogP contribution in [0.15, 0.2) is 24.3 Å². The van der Waals surface area contributed by atoms with Gasteiger partial charge in [-0.25, -0.2) is 0 Å². The smallest absolute Gasteiger partial charge is 0.0576 e. The van der Waals surface area contributed by atoms with Crippen LogP contribution >= 0.6 is 15.9 Å². The van der Waals surface area contributed by atoms with E-state index >= 15 is 0 Å². The highest BCUT2D eigenvalue weighted by atomic mass is 79.9. The number of aryl methyl sites for hydroxylation is 1. The summed E-state index contributed by atoms with van der Waals surface area (Å²) in [5.74, 6) is 0. The van der Waals surface area contributed by atoms with Crippen molar-refractivity contribution >= 4 is 15.9 Å². The maximum absolute atomic E-state index is 5.68. The summed E-state index contributed by atoms with van der Waals surface area (Å²) >= 11 is 3.81. The summed E-state index contributed by atoms with van der Waals surface area (Å²) in [7, 11) is 0. The summed E-state index contributed by atoms with van der Waals surface area (Å²) in [5, 5.41) is 0. The minimum Gasteiger partial charge on any atom is -0.378 e. The van der Waals surface area contributed by atoms with E-state index in [-0.39, 0.29) is 0 Å². The van der Waals surface area contributed by atoms with Crippen molar-refractivity contribution in [2.24, 2.45) is 0 Å². The molecule has 0 spiro atoms. The first-order valence-corrected chi connectivity index (χ1v) is 8.55. The SMILES string of the molecule is CCCCc1ccc(C(Br)CCC2CCCO2)cc1. The molecule has 0 N–H and O–H groups in total. The molecule has 1 heterocycles. The molecule has 2 rings (SSSR count). The Balaban J connectivity index is 1.79. The van der Waals surface area contributed by atoms with Gasteiger partial charge in [-0.3, -0.25) is 0 Å². The van der Waals surface area contributed by atoms with Gasteiger partial charge in [-0.1, -0.05) is 53.5 Å². The predicted molar refractivity (Wildman–Crippen MR) is 84.9 cm³/mol. The summed E-state index contributed by atoms with van der Waals surface area (Å²) in [5.41, 5.74) is 2.86. The molecular weight excluding hydrogens is 300 g/mol. The Hall–Kier alpha value is -0.340. The minimum atomic E-state index is 0.469. The lowest BCUT2D eigenvalue weighted by Gasteiger charge is -2.14. The summed E-state index contributed by atoms with van der Waals surface area (Å²) in [6, 6.07) is 9.12. The number of hydrogen-bond donors (Lipinski definition) is 0. The van der Waals surface area contributed by atoms with Crippen molar-refractivity contribution in [3.63, 3.8) is 0 Å². The van der Waals surface area contributed by atoms with E-state index in [1.54, 1.807) is 0 Å². The van der Waals surface area contributed by atoms with E-state index in [1.165, 1.54) is 56.1 Å². The van der Waals surface area contributed by atoms with Gasteiger partial charge < -0.3 is 4.74 Å². The number of rotatable bonds is 7. The summed E-state index contributed by atoms with van der Waals surface area (Å²) in [6.07, 6.45) is 9.09. The molecule has 0 aromatic heterocycles. The summed E-state index contributed by atoms with van der Waals surface area (Å²) in [6.45, 7) is 3.21. The Labute approximate surface area is 125 Å². The first-order valence-electron chi connectivity index (χ1n) is 7.64. The van der Waals surface area contributed by atoms with Gasteiger partial charge in [0.1, 0.15) is 0 Å². The standard InChI is InChI=1S/C17H25BrO/c1-2-3-5-14-7-9-15(10-8-14)17(18)12-11-16-6-4-13-19-16/h7-10,16-17H,2-6,11-13H2,1H3. The number of alkyl halides is 1. The molecule has 0 amide bonds. The van der Waals surface area contributed by atoms with E-state index in [4.69, 9.17) is 4.74 Å². The van der Waals surface area contributed by atoms with E-state index in [2.05, 4.69) is 47.1 Å². The molecule has 106 valence electrons. The molecule has 0 saturated carbocycles. The molecule has 2 atom stereocenters. The quantitative estimate of drug-likeness (QED) is 0.608. The number of unbranched alkanes of at least 4 members (excludes halogenated alkanes) is 1. The van der Waals surface area contributed by atoms with E-state index in [9.17, 15) is 0 Å². The number of benzene rings is 1. The van der Waals surface area contributed by atoms with Gasteiger partial charge in [-0.05, 0) is 49.7 Å². The van der Waals surface area contributed by atoms with E-state index < -0.39 is 0 Å². The zero-order valence-electron chi connectivity index (χ0n) is 11.9. The lowest BCUT2D eigenvalue weighted by molar-refractivity contribution is 0.102. The van der Waals surface area contributed by atoms with Crippen LogP contribution < -0.4 is 0 Å². The molecule has 0 bridgehead atoms. The van der Waals surface area contributed by atoms with Crippen LogP contribution in [-0.2, 0) is 11.2 Å². The second-order valence-corrected chi connectivity index (χ2v) is 6.63. The molecule has 1 aromatic rings. The third-order valence-corrected chi connectivity index (χ3v) is 4.91. The molecule has 1 fully saturated rings. The summed E-state index contributed by atoms with van der Waals surface area (Å²) < 4.78 is 5.68. The van der Waals surface area contributed by atoms with Gasteiger partial charge in [0.2, 0.25) is 0 Å². The Morgan fingerprint density at radius 3 is 2.74 bits per heavy atom. The second-order valence-electron chi connectivity index (χ2n) is 5.53. The van der Waals surface area contributed by atoms with Crippen molar-refractivity contribution in [2.75, 3.05) is 6.61 Å². The molecule has 0 radical (unpaired) electrons. The molecule has 1 aromatic carbocycles. The van der Waals surface area contributed by atoms with Crippen LogP contribution in [0.5, 0.6) is 0 Å². The lowest BCUT2D eigenvalue weighted by Crippen LogP contribution is -2.05. The highest BCUT2D eigenvalue weighted by Crippen LogP contribution is 2.30. The Morgan fingerprint density at radius 2 is 2.11 bits per heavy atom. The maximum Gasteiger partial charge on any atom is 0.0576 e. The van der Waals surface area contributed by atoms with Gasteiger partial charge in [0, 0.05) is 11.4 Å². The van der Waals surface area contributed by atoms with E-state index in [0.29, 0.717) is 10.9 Å². The minimum absolute atomic E-state index is 0.469. The topological polar surface area (TPSA) is 9.23 Å². The first-order chi connectivity index (χ1) is 9.29. The molecule has 1 aliphatic rings. The lowest BCUT2D eigenvalue weighted by atomic mass is 10.0. The Morgan fingerprint density at radius 1 is 1.32 bits per heavy atom. The predicted octanol–water partition coefficient (Wildman–Crippen LogP) is 5.42. The number of ether oxygens (including phenoxy) is 1. The molecule has 1 aliphatic heterocycles. The maximum atomic E-state index is 5.68. The fourth-order valence-corrected chi connectivity index (χ4v) is 3.21. The van der Waals surface area contributed by atoms with Crippen LogP contribution in [0.4, 0.5) is 0 Å². The van der Waals surface area contributed by atoms with Crippen molar-refractivity contribution in [3.05, 3.63) is 35.4 Å². The van der Waals surface area contributed by atoms with Crippen molar-refractivity contribution < 1.29 is 4.74 Å². The van der Waals surface area contributed by atoms with Gasteiger partial charge in [0.05, 0.1) is 6.10 Å². The third kappa shape index (κ3) is 4.92. The summed E-state index contributed by atoms with van der Waals surface area (Å²) in [4.78, 5) is 0.469. The van der Waals surface area contributed by atoms with Gasteiger partial charge in [-0.2, -0.15) is 0 Å². The van der Waals surface area contributed by atoms with Crippen LogP contribution in [0.3, 0.4) is 0 Å². The van der Waals surface area contributed by atoms with Crippen molar-refractivity contribution in [1.82, 2.24) is 0 Å². The monoisotopic (exact) mass is 324 g/mol. The average Bonchev–Trinajstić information content (AvgIpc) is 2.96. The third-order valence-electron chi connectivity index (χ3n) is 3.93. The fourth-order valence-electron chi connectivity index (χ4n) is 2.64. The normalized spacial score (nSPS) is 20.6. The van der Waals surface area contributed by atoms with Crippen molar-refractivity contribution in [2.45, 2.75) is 62.8 Å². The molecule has 19 heavy (non-hydrogen) atoms. The first kappa shape index (κ1) is 15.1. The highest BCUT2D eigenvalue weighted by molar-refractivity contribution is 9.09. The largest absolute Gasteiger partial charge is 0.378 e. The number of halogens is 1. The van der Waals surface area contributed by atoms with Crippen LogP contribution in [0.2, 0.25) is 0 Å². The van der Waals surface area contributed by atoms with Gasteiger partial charge in [0.25, 0.3) is 0 Å². The fraction of sp³-hybridized carbons (Fsp3) is 0.647. The van der Waals surface area contributed by atoms with Crippen LogP contribution in [-0.4, -0.2) is 12.7 Å². The van der Waals surface area contributed by atoms with Crippen molar-refractivity contribution in [3.8, 4) is 0 Å². The number of hydrogen-bond acceptors (Lipinski definition) is 1. The Kier molecular flexibility index (Phi) is 6.39. The highest BCUT2D eigenvalue weighted by Gasteiger charge is 2.17. The zero-order chi connectivity index (χ0) is 13.5. The van der Waals surface area contributed by atoms with Gasteiger partial charge in [-0.15, -0.1) is 0 Å². The average molecular weight is 325 g/mol. The molecule has 1 nitrogen and oxygen atoms in total.